The van der Waals surface area contributed by atoms with Crippen LogP contribution < -0.4 is 5.32 Å². The van der Waals surface area contributed by atoms with Crippen LogP contribution in [0.2, 0.25) is 5.02 Å². The molecule has 1 aromatic heterocycles. The number of nitrogens with zero attached hydrogens (tertiary/aromatic N) is 2. The predicted molar refractivity (Wildman–Crippen MR) is 86.5 cm³/mol. The van der Waals surface area contributed by atoms with Gasteiger partial charge >= 0.3 is 0 Å². The number of rotatable bonds is 5. The standard InChI is InChI=1S/C17H22ClN3/c1-2-15(13-6-8-14(18)9-7-13)20-16-4-3-5-17(16)21-11-10-19-12-21/h6-12,15-17,20H,2-5H2,1H3. The second-order valence-corrected chi connectivity index (χ2v) is 6.23. The van der Waals surface area contributed by atoms with E-state index in [1.54, 1.807) is 0 Å². The molecule has 0 bridgehead atoms. The van der Waals surface area contributed by atoms with Crippen LogP contribution in [0.1, 0.15) is 50.3 Å². The molecule has 2 aromatic rings. The van der Waals surface area contributed by atoms with E-state index in [1.165, 1.54) is 24.8 Å². The highest BCUT2D eigenvalue weighted by molar-refractivity contribution is 6.30. The van der Waals surface area contributed by atoms with E-state index >= 15 is 0 Å². The first-order chi connectivity index (χ1) is 10.3. The Labute approximate surface area is 131 Å². The summed E-state index contributed by atoms with van der Waals surface area (Å²) in [6.45, 7) is 2.23. The fraction of sp³-hybridized carbons (Fsp3) is 0.471. The maximum Gasteiger partial charge on any atom is 0.0949 e. The summed E-state index contributed by atoms with van der Waals surface area (Å²) in [6.07, 6.45) is 10.7. The van der Waals surface area contributed by atoms with Gasteiger partial charge in [-0.3, -0.25) is 0 Å². The molecule has 1 fully saturated rings. The van der Waals surface area contributed by atoms with Crippen molar-refractivity contribution >= 4 is 11.6 Å². The molecule has 1 heterocycles. The second-order valence-electron chi connectivity index (χ2n) is 5.79. The quantitative estimate of drug-likeness (QED) is 0.889. The maximum absolute atomic E-state index is 5.99. The van der Waals surface area contributed by atoms with Gasteiger partial charge in [-0.15, -0.1) is 0 Å². The Bertz CT molecular complexity index is 550. The van der Waals surface area contributed by atoms with Crippen LogP contribution in [-0.2, 0) is 0 Å². The number of hydrogen-bond acceptors (Lipinski definition) is 2. The number of imidazole rings is 1. The van der Waals surface area contributed by atoms with Gasteiger partial charge in [0.05, 0.1) is 6.33 Å². The van der Waals surface area contributed by atoms with E-state index in [-0.39, 0.29) is 0 Å². The van der Waals surface area contributed by atoms with E-state index in [0.717, 1.165) is 11.4 Å². The lowest BCUT2D eigenvalue weighted by Crippen LogP contribution is -2.36. The molecule has 3 atom stereocenters. The van der Waals surface area contributed by atoms with Crippen molar-refractivity contribution < 1.29 is 0 Å². The van der Waals surface area contributed by atoms with Gasteiger partial charge in [-0.25, -0.2) is 4.98 Å². The third kappa shape index (κ3) is 3.30. The van der Waals surface area contributed by atoms with Crippen molar-refractivity contribution in [1.82, 2.24) is 14.9 Å². The van der Waals surface area contributed by atoms with E-state index in [4.69, 9.17) is 11.6 Å². The van der Waals surface area contributed by atoms with Crippen LogP contribution in [0.4, 0.5) is 0 Å². The van der Waals surface area contributed by atoms with Crippen LogP contribution >= 0.6 is 11.6 Å². The zero-order valence-corrected chi connectivity index (χ0v) is 13.1. The Kier molecular flexibility index (Phi) is 4.61. The Morgan fingerprint density at radius 3 is 2.81 bits per heavy atom. The smallest absolute Gasteiger partial charge is 0.0949 e. The van der Waals surface area contributed by atoms with Gasteiger partial charge in [-0.1, -0.05) is 30.7 Å². The van der Waals surface area contributed by atoms with Crippen LogP contribution in [-0.4, -0.2) is 15.6 Å². The lowest BCUT2D eigenvalue weighted by Gasteiger charge is -2.27. The van der Waals surface area contributed by atoms with Crippen LogP contribution in [0.15, 0.2) is 43.0 Å². The molecule has 1 aromatic carbocycles. The van der Waals surface area contributed by atoms with Gasteiger partial charge in [-0.2, -0.15) is 0 Å². The number of aromatic nitrogens is 2. The number of hydrogen-bond donors (Lipinski definition) is 1. The molecule has 3 unspecified atom stereocenters. The fourth-order valence-electron chi connectivity index (χ4n) is 3.36. The first-order valence-electron chi connectivity index (χ1n) is 7.77. The number of halogens is 1. The lowest BCUT2D eigenvalue weighted by molar-refractivity contribution is 0.348. The number of benzene rings is 1. The summed E-state index contributed by atoms with van der Waals surface area (Å²) in [7, 11) is 0. The molecule has 112 valence electrons. The van der Waals surface area contributed by atoms with Gasteiger partial charge in [0.1, 0.15) is 0 Å². The molecule has 0 amide bonds. The molecular weight excluding hydrogens is 282 g/mol. The molecule has 1 N–H and O–H groups in total. The minimum Gasteiger partial charge on any atom is -0.333 e. The fourth-order valence-corrected chi connectivity index (χ4v) is 3.49. The molecule has 0 spiro atoms. The second kappa shape index (κ2) is 6.63. The molecular formula is C17H22ClN3. The summed E-state index contributed by atoms with van der Waals surface area (Å²) in [4.78, 5) is 4.19. The molecule has 3 rings (SSSR count). The molecule has 0 aliphatic heterocycles. The first-order valence-corrected chi connectivity index (χ1v) is 8.14. The maximum atomic E-state index is 5.99. The molecule has 3 nitrogen and oxygen atoms in total. The summed E-state index contributed by atoms with van der Waals surface area (Å²) in [5, 5.41) is 4.65. The average Bonchev–Trinajstić information content (AvgIpc) is 3.16. The number of nitrogens with one attached hydrogen (secondary N) is 1. The normalized spacial score (nSPS) is 23.3. The van der Waals surface area contributed by atoms with Crippen LogP contribution in [0.3, 0.4) is 0 Å². The third-order valence-electron chi connectivity index (χ3n) is 4.48. The summed E-state index contributed by atoms with van der Waals surface area (Å²) in [6, 6.07) is 9.63. The molecule has 0 radical (unpaired) electrons. The van der Waals surface area contributed by atoms with Crippen molar-refractivity contribution in [3.05, 3.63) is 53.6 Å². The Hall–Kier alpha value is -1.32. The zero-order chi connectivity index (χ0) is 14.7. The molecule has 1 aliphatic carbocycles. The van der Waals surface area contributed by atoms with Gasteiger partial charge in [0, 0.05) is 35.5 Å². The van der Waals surface area contributed by atoms with E-state index < -0.39 is 0 Å². The van der Waals surface area contributed by atoms with E-state index in [0.29, 0.717) is 18.1 Å². The van der Waals surface area contributed by atoms with Gasteiger partial charge in [0.15, 0.2) is 0 Å². The minimum atomic E-state index is 0.386. The van der Waals surface area contributed by atoms with E-state index in [2.05, 4.69) is 40.1 Å². The predicted octanol–water partition coefficient (Wildman–Crippen LogP) is 4.37. The molecule has 0 saturated heterocycles. The van der Waals surface area contributed by atoms with Gasteiger partial charge in [-0.05, 0) is 43.4 Å². The largest absolute Gasteiger partial charge is 0.333 e. The van der Waals surface area contributed by atoms with Crippen LogP contribution in [0.25, 0.3) is 0 Å². The van der Waals surface area contributed by atoms with E-state index in [9.17, 15) is 0 Å². The minimum absolute atomic E-state index is 0.386. The highest BCUT2D eigenvalue weighted by atomic mass is 35.5. The highest BCUT2D eigenvalue weighted by Gasteiger charge is 2.29. The molecule has 4 heteroatoms. The zero-order valence-electron chi connectivity index (χ0n) is 12.4. The molecule has 21 heavy (non-hydrogen) atoms. The van der Waals surface area contributed by atoms with Crippen molar-refractivity contribution in [3.63, 3.8) is 0 Å². The Balaban J connectivity index is 1.72. The van der Waals surface area contributed by atoms with Crippen molar-refractivity contribution in [2.75, 3.05) is 0 Å². The summed E-state index contributed by atoms with van der Waals surface area (Å²) in [5.41, 5.74) is 1.32. The van der Waals surface area contributed by atoms with Crippen molar-refractivity contribution in [1.29, 1.82) is 0 Å². The SMILES string of the molecule is CCC(NC1CCCC1n1ccnc1)c1ccc(Cl)cc1. The first kappa shape index (κ1) is 14.6. The summed E-state index contributed by atoms with van der Waals surface area (Å²) in [5.74, 6) is 0. The lowest BCUT2D eigenvalue weighted by atomic mass is 10.0. The van der Waals surface area contributed by atoms with Gasteiger partial charge in [0.25, 0.3) is 0 Å². The Morgan fingerprint density at radius 1 is 1.33 bits per heavy atom. The van der Waals surface area contributed by atoms with Gasteiger partial charge in [0.2, 0.25) is 0 Å². The van der Waals surface area contributed by atoms with Crippen LogP contribution in [0.5, 0.6) is 0 Å². The molecule has 1 saturated carbocycles. The highest BCUT2D eigenvalue weighted by Crippen LogP contribution is 2.32. The topological polar surface area (TPSA) is 29.9 Å². The van der Waals surface area contributed by atoms with Crippen molar-refractivity contribution in [2.45, 2.75) is 50.7 Å². The third-order valence-corrected chi connectivity index (χ3v) is 4.74. The molecule has 1 aliphatic rings. The average molecular weight is 304 g/mol. The van der Waals surface area contributed by atoms with Crippen LogP contribution in [0, 0.1) is 0 Å². The Morgan fingerprint density at radius 2 is 2.14 bits per heavy atom. The summed E-state index contributed by atoms with van der Waals surface area (Å²) < 4.78 is 2.25. The monoisotopic (exact) mass is 303 g/mol. The van der Waals surface area contributed by atoms with Gasteiger partial charge < -0.3 is 9.88 Å². The summed E-state index contributed by atoms with van der Waals surface area (Å²) >= 11 is 5.99. The van der Waals surface area contributed by atoms with E-state index in [1.807, 2.05) is 24.7 Å². The van der Waals surface area contributed by atoms with Crippen molar-refractivity contribution in [2.24, 2.45) is 0 Å². The van der Waals surface area contributed by atoms with Crippen molar-refractivity contribution in [3.8, 4) is 0 Å².